The van der Waals surface area contributed by atoms with Crippen LogP contribution in [0.2, 0.25) is 0 Å². The van der Waals surface area contributed by atoms with Gasteiger partial charge >= 0.3 is 12.1 Å². The summed E-state index contributed by atoms with van der Waals surface area (Å²) in [7, 11) is 0. The second-order valence-corrected chi connectivity index (χ2v) is 4.97. The van der Waals surface area contributed by atoms with E-state index in [9.17, 15) is 14.4 Å². The van der Waals surface area contributed by atoms with Crippen molar-refractivity contribution in [2.24, 2.45) is 11.1 Å². The maximum atomic E-state index is 11.8. The molecule has 7 nitrogen and oxygen atoms in total. The van der Waals surface area contributed by atoms with Gasteiger partial charge in [0.05, 0.1) is 13.0 Å². The Morgan fingerprint density at radius 1 is 1.21 bits per heavy atom. The quantitative estimate of drug-likeness (QED) is 0.587. The van der Waals surface area contributed by atoms with Gasteiger partial charge in [-0.15, -0.1) is 0 Å². The number of aliphatic carboxylic acids is 1. The molecular formula is C12H20N2O5. The molecule has 0 spiro atoms. The lowest BCUT2D eigenvalue weighted by Gasteiger charge is -2.26. The van der Waals surface area contributed by atoms with Gasteiger partial charge in [-0.3, -0.25) is 9.59 Å². The highest BCUT2D eigenvalue weighted by Gasteiger charge is 2.37. The SMILES string of the molecule is NC(=O)OCCNC(=O)CC1(CC(=O)O)CCCC1. The van der Waals surface area contributed by atoms with Crippen molar-refractivity contribution in [3.05, 3.63) is 0 Å². The summed E-state index contributed by atoms with van der Waals surface area (Å²) in [5.41, 5.74) is 4.36. The Morgan fingerprint density at radius 3 is 2.37 bits per heavy atom. The van der Waals surface area contributed by atoms with Gasteiger partial charge in [-0.25, -0.2) is 4.79 Å². The summed E-state index contributed by atoms with van der Waals surface area (Å²) in [5.74, 6) is -1.08. The molecule has 0 aromatic heterocycles. The number of primary amides is 1. The molecule has 0 unspecified atom stereocenters. The lowest BCUT2D eigenvalue weighted by Crippen LogP contribution is -2.34. The van der Waals surface area contributed by atoms with Crippen LogP contribution in [0.15, 0.2) is 0 Å². The molecule has 0 atom stereocenters. The molecule has 1 aliphatic carbocycles. The molecule has 0 aromatic rings. The molecule has 0 aromatic carbocycles. The summed E-state index contributed by atoms with van der Waals surface area (Å²) < 4.78 is 4.48. The van der Waals surface area contributed by atoms with Crippen LogP contribution < -0.4 is 11.1 Å². The summed E-state index contributed by atoms with van der Waals surface area (Å²) in [5, 5.41) is 11.5. The van der Waals surface area contributed by atoms with Crippen molar-refractivity contribution >= 4 is 18.0 Å². The number of nitrogens with two attached hydrogens (primary N) is 1. The van der Waals surface area contributed by atoms with Crippen molar-refractivity contribution in [1.29, 1.82) is 0 Å². The average Bonchev–Trinajstić information content (AvgIpc) is 2.71. The standard InChI is InChI=1S/C12H20N2O5/c13-11(18)19-6-5-14-9(15)7-12(8-10(16)17)3-1-2-4-12/h1-8H2,(H2,13,18)(H,14,15)(H,16,17). The van der Waals surface area contributed by atoms with E-state index >= 15 is 0 Å². The average molecular weight is 272 g/mol. The number of rotatable bonds is 7. The molecule has 4 N–H and O–H groups in total. The first-order valence-corrected chi connectivity index (χ1v) is 6.34. The molecule has 0 saturated heterocycles. The van der Waals surface area contributed by atoms with Crippen LogP contribution in [0.4, 0.5) is 4.79 Å². The van der Waals surface area contributed by atoms with Crippen molar-refractivity contribution in [2.45, 2.75) is 38.5 Å². The number of carboxylic acid groups (broad SMARTS) is 1. The van der Waals surface area contributed by atoms with Crippen molar-refractivity contribution < 1.29 is 24.2 Å². The van der Waals surface area contributed by atoms with E-state index in [2.05, 4.69) is 10.1 Å². The fourth-order valence-electron chi connectivity index (χ4n) is 2.61. The zero-order chi connectivity index (χ0) is 14.3. The molecule has 0 radical (unpaired) electrons. The normalized spacial score (nSPS) is 16.8. The Bertz CT molecular complexity index is 350. The number of hydrogen-bond acceptors (Lipinski definition) is 4. The molecule has 0 bridgehead atoms. The van der Waals surface area contributed by atoms with Crippen LogP contribution in [0.25, 0.3) is 0 Å². The molecule has 7 heteroatoms. The maximum Gasteiger partial charge on any atom is 0.404 e. The van der Waals surface area contributed by atoms with Crippen LogP contribution in [-0.2, 0) is 14.3 Å². The smallest absolute Gasteiger partial charge is 0.404 e. The number of hydrogen-bond donors (Lipinski definition) is 3. The molecule has 2 amide bonds. The number of carboxylic acids is 1. The van der Waals surface area contributed by atoms with Crippen molar-refractivity contribution in [2.75, 3.05) is 13.2 Å². The van der Waals surface area contributed by atoms with E-state index in [0.29, 0.717) is 0 Å². The number of amides is 2. The maximum absolute atomic E-state index is 11.8. The lowest BCUT2D eigenvalue weighted by atomic mass is 9.79. The van der Waals surface area contributed by atoms with E-state index in [1.807, 2.05) is 0 Å². The first kappa shape index (κ1) is 15.3. The second-order valence-electron chi connectivity index (χ2n) is 4.97. The Morgan fingerprint density at radius 2 is 1.84 bits per heavy atom. The highest BCUT2D eigenvalue weighted by atomic mass is 16.5. The minimum absolute atomic E-state index is 0.0208. The Labute approximate surface area is 111 Å². The third kappa shape index (κ3) is 5.58. The van der Waals surface area contributed by atoms with E-state index in [-0.39, 0.29) is 31.9 Å². The van der Waals surface area contributed by atoms with E-state index in [1.165, 1.54) is 0 Å². The van der Waals surface area contributed by atoms with E-state index in [1.54, 1.807) is 0 Å². The van der Waals surface area contributed by atoms with Gasteiger partial charge in [-0.2, -0.15) is 0 Å². The first-order chi connectivity index (χ1) is 8.93. The van der Waals surface area contributed by atoms with Gasteiger partial charge in [-0.1, -0.05) is 12.8 Å². The van der Waals surface area contributed by atoms with Crippen LogP contribution >= 0.6 is 0 Å². The molecule has 1 saturated carbocycles. The molecule has 19 heavy (non-hydrogen) atoms. The molecule has 1 fully saturated rings. The zero-order valence-electron chi connectivity index (χ0n) is 10.8. The largest absolute Gasteiger partial charge is 0.481 e. The van der Waals surface area contributed by atoms with Crippen molar-refractivity contribution in [1.82, 2.24) is 5.32 Å². The summed E-state index contributed by atoms with van der Waals surface area (Å²) in [6.45, 7) is 0.206. The number of nitrogens with one attached hydrogen (secondary N) is 1. The van der Waals surface area contributed by atoms with Gasteiger partial charge in [0.1, 0.15) is 6.61 Å². The Hall–Kier alpha value is -1.79. The molecular weight excluding hydrogens is 252 g/mol. The van der Waals surface area contributed by atoms with Gasteiger partial charge in [0.25, 0.3) is 0 Å². The molecule has 0 aliphatic heterocycles. The summed E-state index contributed by atoms with van der Waals surface area (Å²) >= 11 is 0. The summed E-state index contributed by atoms with van der Waals surface area (Å²) in [6.07, 6.45) is 2.81. The Balaban J connectivity index is 2.35. The monoisotopic (exact) mass is 272 g/mol. The fraction of sp³-hybridized carbons (Fsp3) is 0.750. The second kappa shape index (κ2) is 6.96. The van der Waals surface area contributed by atoms with E-state index in [0.717, 1.165) is 25.7 Å². The molecule has 108 valence electrons. The van der Waals surface area contributed by atoms with Gasteiger partial charge < -0.3 is 20.9 Å². The lowest BCUT2D eigenvalue weighted by molar-refractivity contribution is -0.140. The van der Waals surface area contributed by atoms with Crippen LogP contribution in [0.5, 0.6) is 0 Å². The van der Waals surface area contributed by atoms with Crippen LogP contribution in [0.1, 0.15) is 38.5 Å². The molecule has 1 aliphatic rings. The number of ether oxygens (including phenoxy) is 1. The van der Waals surface area contributed by atoms with Gasteiger partial charge in [0, 0.05) is 6.42 Å². The minimum Gasteiger partial charge on any atom is -0.481 e. The van der Waals surface area contributed by atoms with Crippen LogP contribution in [-0.4, -0.2) is 36.2 Å². The van der Waals surface area contributed by atoms with Crippen molar-refractivity contribution in [3.8, 4) is 0 Å². The highest BCUT2D eigenvalue weighted by molar-refractivity contribution is 5.78. The van der Waals surface area contributed by atoms with Gasteiger partial charge in [-0.05, 0) is 18.3 Å². The van der Waals surface area contributed by atoms with Crippen LogP contribution in [0.3, 0.4) is 0 Å². The zero-order valence-corrected chi connectivity index (χ0v) is 10.8. The summed E-state index contributed by atoms with van der Waals surface area (Å²) in [6, 6.07) is 0. The first-order valence-electron chi connectivity index (χ1n) is 6.34. The van der Waals surface area contributed by atoms with Crippen LogP contribution in [0, 0.1) is 5.41 Å². The fourth-order valence-corrected chi connectivity index (χ4v) is 2.61. The number of carbonyl (C=O) groups is 3. The van der Waals surface area contributed by atoms with Gasteiger partial charge in [0.2, 0.25) is 5.91 Å². The third-order valence-corrected chi connectivity index (χ3v) is 3.39. The molecule has 1 rings (SSSR count). The summed E-state index contributed by atoms with van der Waals surface area (Å²) in [4.78, 5) is 32.9. The van der Waals surface area contributed by atoms with E-state index < -0.39 is 17.5 Å². The minimum atomic E-state index is -0.882. The predicted molar refractivity (Wildman–Crippen MR) is 66.3 cm³/mol. The third-order valence-electron chi connectivity index (χ3n) is 3.39. The number of carbonyl (C=O) groups excluding carboxylic acids is 2. The van der Waals surface area contributed by atoms with Gasteiger partial charge in [0.15, 0.2) is 0 Å². The predicted octanol–water partition coefficient (Wildman–Crippen LogP) is 0.623. The van der Waals surface area contributed by atoms with E-state index in [4.69, 9.17) is 10.8 Å². The Kier molecular flexibility index (Phi) is 5.59. The van der Waals surface area contributed by atoms with Crippen molar-refractivity contribution in [3.63, 3.8) is 0 Å². The topological polar surface area (TPSA) is 119 Å². The molecule has 0 heterocycles. The highest BCUT2D eigenvalue weighted by Crippen LogP contribution is 2.43.